The predicted molar refractivity (Wildman–Crippen MR) is 79.9 cm³/mol. The SMILES string of the molecule is CC(C)(C)OC(=O)N1CCCCNCC(C)(C)OCC1. The number of hydrogen-bond acceptors (Lipinski definition) is 4. The maximum Gasteiger partial charge on any atom is 0.410 e. The second-order valence-corrected chi connectivity index (χ2v) is 6.96. The fourth-order valence-corrected chi connectivity index (χ4v) is 2.05. The highest BCUT2D eigenvalue weighted by Crippen LogP contribution is 2.13. The number of amides is 1. The molecule has 0 spiro atoms. The third-order valence-electron chi connectivity index (χ3n) is 3.09. The summed E-state index contributed by atoms with van der Waals surface area (Å²) in [6.07, 6.45) is 1.79. The molecule has 1 aliphatic rings. The van der Waals surface area contributed by atoms with Crippen molar-refractivity contribution in [1.29, 1.82) is 0 Å². The van der Waals surface area contributed by atoms with Crippen molar-refractivity contribution in [1.82, 2.24) is 10.2 Å². The highest BCUT2D eigenvalue weighted by atomic mass is 16.6. The minimum atomic E-state index is -0.453. The maximum absolute atomic E-state index is 12.2. The lowest BCUT2D eigenvalue weighted by Gasteiger charge is -2.29. The molecule has 1 heterocycles. The van der Waals surface area contributed by atoms with Crippen molar-refractivity contribution >= 4 is 6.09 Å². The van der Waals surface area contributed by atoms with Gasteiger partial charge in [0.1, 0.15) is 5.60 Å². The topological polar surface area (TPSA) is 50.8 Å². The average Bonchev–Trinajstić information content (AvgIpc) is 2.31. The summed E-state index contributed by atoms with van der Waals surface area (Å²) >= 11 is 0. The molecule has 5 nitrogen and oxygen atoms in total. The van der Waals surface area contributed by atoms with Gasteiger partial charge in [-0.05, 0) is 54.0 Å². The van der Waals surface area contributed by atoms with Gasteiger partial charge >= 0.3 is 6.09 Å². The summed E-state index contributed by atoms with van der Waals surface area (Å²) in [5, 5.41) is 3.40. The van der Waals surface area contributed by atoms with Crippen LogP contribution < -0.4 is 5.32 Å². The van der Waals surface area contributed by atoms with Gasteiger partial charge in [-0.15, -0.1) is 0 Å². The smallest absolute Gasteiger partial charge is 0.410 e. The monoisotopic (exact) mass is 286 g/mol. The van der Waals surface area contributed by atoms with Gasteiger partial charge in [-0.1, -0.05) is 0 Å². The Balaban J connectivity index is 2.58. The molecule has 1 saturated heterocycles. The molecule has 5 heteroatoms. The quantitative estimate of drug-likeness (QED) is 0.743. The summed E-state index contributed by atoms with van der Waals surface area (Å²) in [5.41, 5.74) is -0.658. The maximum atomic E-state index is 12.2. The first-order chi connectivity index (χ1) is 9.20. The highest BCUT2D eigenvalue weighted by molar-refractivity contribution is 5.68. The van der Waals surface area contributed by atoms with Gasteiger partial charge in [0.2, 0.25) is 0 Å². The van der Waals surface area contributed by atoms with Gasteiger partial charge in [0.25, 0.3) is 0 Å². The van der Waals surface area contributed by atoms with Crippen LogP contribution in [0.2, 0.25) is 0 Å². The van der Waals surface area contributed by atoms with Gasteiger partial charge in [-0.2, -0.15) is 0 Å². The molecule has 118 valence electrons. The van der Waals surface area contributed by atoms with Crippen LogP contribution in [-0.2, 0) is 9.47 Å². The van der Waals surface area contributed by atoms with Crippen molar-refractivity contribution in [3.05, 3.63) is 0 Å². The van der Waals surface area contributed by atoms with Gasteiger partial charge in [-0.25, -0.2) is 4.79 Å². The lowest BCUT2D eigenvalue weighted by molar-refractivity contribution is -0.0291. The Morgan fingerprint density at radius 3 is 2.60 bits per heavy atom. The fourth-order valence-electron chi connectivity index (χ4n) is 2.05. The van der Waals surface area contributed by atoms with Crippen molar-refractivity contribution in [2.75, 3.05) is 32.8 Å². The summed E-state index contributed by atoms with van der Waals surface area (Å²) < 4.78 is 11.3. The summed E-state index contributed by atoms with van der Waals surface area (Å²) in [6, 6.07) is 0. The Labute approximate surface area is 123 Å². The van der Waals surface area contributed by atoms with Crippen LogP contribution in [0.4, 0.5) is 4.79 Å². The Bertz CT molecular complexity index is 311. The number of carbonyl (C=O) groups excluding carboxylic acids is 1. The minimum Gasteiger partial charge on any atom is -0.444 e. The van der Waals surface area contributed by atoms with E-state index < -0.39 is 5.60 Å². The number of hydrogen-bond donors (Lipinski definition) is 1. The summed E-state index contributed by atoms with van der Waals surface area (Å²) in [4.78, 5) is 13.9. The molecule has 1 N–H and O–H groups in total. The third-order valence-corrected chi connectivity index (χ3v) is 3.09. The minimum absolute atomic E-state index is 0.204. The largest absolute Gasteiger partial charge is 0.444 e. The lowest BCUT2D eigenvalue weighted by atomic mass is 10.1. The van der Waals surface area contributed by atoms with E-state index in [0.717, 1.165) is 32.5 Å². The van der Waals surface area contributed by atoms with E-state index in [1.807, 2.05) is 20.8 Å². The second kappa shape index (κ2) is 7.27. The zero-order valence-electron chi connectivity index (χ0n) is 13.6. The van der Waals surface area contributed by atoms with Crippen LogP contribution in [0.25, 0.3) is 0 Å². The van der Waals surface area contributed by atoms with Gasteiger partial charge < -0.3 is 19.7 Å². The molecule has 0 aromatic heterocycles. The predicted octanol–water partition coefficient (Wildman–Crippen LogP) is 2.40. The zero-order valence-corrected chi connectivity index (χ0v) is 13.6. The number of nitrogens with one attached hydrogen (secondary N) is 1. The van der Waals surface area contributed by atoms with E-state index in [0.29, 0.717) is 13.2 Å². The Morgan fingerprint density at radius 2 is 1.95 bits per heavy atom. The molecule has 1 rings (SSSR count). The van der Waals surface area contributed by atoms with Crippen LogP contribution >= 0.6 is 0 Å². The number of carbonyl (C=O) groups is 1. The van der Waals surface area contributed by atoms with Crippen LogP contribution in [0, 0.1) is 0 Å². The molecule has 0 radical (unpaired) electrons. The Kier molecular flexibility index (Phi) is 6.27. The normalized spacial score (nSPS) is 21.9. The average molecular weight is 286 g/mol. The third kappa shape index (κ3) is 7.10. The second-order valence-electron chi connectivity index (χ2n) is 6.96. The Hall–Kier alpha value is -0.810. The van der Waals surface area contributed by atoms with Crippen LogP contribution in [-0.4, -0.2) is 55.0 Å². The first-order valence-electron chi connectivity index (χ1n) is 7.52. The summed E-state index contributed by atoms with van der Waals surface area (Å²) in [7, 11) is 0. The highest BCUT2D eigenvalue weighted by Gasteiger charge is 2.24. The molecule has 1 fully saturated rings. The van der Waals surface area contributed by atoms with E-state index in [1.165, 1.54) is 0 Å². The first-order valence-corrected chi connectivity index (χ1v) is 7.52. The molecule has 20 heavy (non-hydrogen) atoms. The van der Waals surface area contributed by atoms with Gasteiger partial charge in [0.15, 0.2) is 0 Å². The van der Waals surface area contributed by atoms with E-state index in [1.54, 1.807) is 4.90 Å². The lowest BCUT2D eigenvalue weighted by Crippen LogP contribution is -2.41. The first kappa shape index (κ1) is 17.2. The molecular weight excluding hydrogens is 256 g/mol. The molecule has 0 unspecified atom stereocenters. The molecule has 0 atom stereocenters. The van der Waals surface area contributed by atoms with Gasteiger partial charge in [0.05, 0.1) is 12.2 Å². The number of nitrogens with zero attached hydrogens (tertiary/aromatic N) is 1. The van der Waals surface area contributed by atoms with Crippen molar-refractivity contribution in [3.63, 3.8) is 0 Å². The molecule has 1 amide bonds. The van der Waals surface area contributed by atoms with Crippen LogP contribution in [0.3, 0.4) is 0 Å². The van der Waals surface area contributed by atoms with Crippen LogP contribution in [0.1, 0.15) is 47.5 Å². The standard InChI is InChI=1S/C15H30N2O3/c1-14(2,3)20-13(18)17-9-7-6-8-16-12-15(4,5)19-11-10-17/h16H,6-12H2,1-5H3. The molecule has 0 aliphatic carbocycles. The van der Waals surface area contributed by atoms with E-state index in [-0.39, 0.29) is 11.7 Å². The van der Waals surface area contributed by atoms with E-state index in [4.69, 9.17) is 9.47 Å². The van der Waals surface area contributed by atoms with Crippen molar-refractivity contribution < 1.29 is 14.3 Å². The zero-order chi connectivity index (χ0) is 15.2. The summed E-state index contributed by atoms with van der Waals surface area (Å²) in [5.74, 6) is 0. The van der Waals surface area contributed by atoms with Crippen LogP contribution in [0.15, 0.2) is 0 Å². The molecule has 0 aromatic carbocycles. The molecule has 0 saturated carbocycles. The van der Waals surface area contributed by atoms with Crippen molar-refractivity contribution in [2.24, 2.45) is 0 Å². The molecule has 0 aromatic rings. The molecule has 1 aliphatic heterocycles. The van der Waals surface area contributed by atoms with E-state index in [2.05, 4.69) is 19.2 Å². The Morgan fingerprint density at radius 1 is 1.25 bits per heavy atom. The summed E-state index contributed by atoms with van der Waals surface area (Å²) in [6.45, 7) is 13.4. The van der Waals surface area contributed by atoms with Crippen molar-refractivity contribution in [2.45, 2.75) is 58.7 Å². The number of ether oxygens (including phenoxy) is 2. The van der Waals surface area contributed by atoms with Gasteiger partial charge in [-0.3, -0.25) is 0 Å². The van der Waals surface area contributed by atoms with Crippen molar-refractivity contribution in [3.8, 4) is 0 Å². The van der Waals surface area contributed by atoms with Gasteiger partial charge in [0, 0.05) is 19.6 Å². The molecular formula is C15H30N2O3. The fraction of sp³-hybridized carbons (Fsp3) is 0.933. The van der Waals surface area contributed by atoms with Crippen LogP contribution in [0.5, 0.6) is 0 Å². The number of rotatable bonds is 0. The van der Waals surface area contributed by atoms with E-state index >= 15 is 0 Å². The molecule has 0 bridgehead atoms. The van der Waals surface area contributed by atoms with E-state index in [9.17, 15) is 4.79 Å².